The standard InChI is InChI=1S/C12H17N3O2S2/c13-5-1-2-6-14-7-9-15(10-8-14)19(16,17)12-4-3-11-18-12/h3-4,11H,1-2,6-10H2. The van der Waals surface area contributed by atoms with Gasteiger partial charge in [-0.3, -0.25) is 0 Å². The van der Waals surface area contributed by atoms with Gasteiger partial charge in [0.05, 0.1) is 6.07 Å². The maximum atomic E-state index is 12.3. The second-order valence-electron chi connectivity index (χ2n) is 4.44. The molecule has 1 aromatic heterocycles. The third-order valence-electron chi connectivity index (χ3n) is 3.18. The second kappa shape index (κ2) is 6.48. The number of unbranched alkanes of at least 4 members (excludes halogenated alkanes) is 1. The zero-order valence-corrected chi connectivity index (χ0v) is 12.3. The Kier molecular flexibility index (Phi) is 4.93. The van der Waals surface area contributed by atoms with Crippen LogP contribution in [0.1, 0.15) is 12.8 Å². The Morgan fingerprint density at radius 3 is 2.63 bits per heavy atom. The molecule has 0 amide bonds. The van der Waals surface area contributed by atoms with Crippen LogP contribution in [0.3, 0.4) is 0 Å². The minimum Gasteiger partial charge on any atom is -0.301 e. The summed E-state index contributed by atoms with van der Waals surface area (Å²) < 4.78 is 26.6. The Bertz CT molecular complexity index is 526. The minimum atomic E-state index is -3.29. The first-order valence-electron chi connectivity index (χ1n) is 6.27. The summed E-state index contributed by atoms with van der Waals surface area (Å²) in [4.78, 5) is 2.22. The summed E-state index contributed by atoms with van der Waals surface area (Å²) in [7, 11) is -3.29. The van der Waals surface area contributed by atoms with Gasteiger partial charge in [-0.25, -0.2) is 8.42 Å². The molecule has 104 valence electrons. The van der Waals surface area contributed by atoms with Gasteiger partial charge in [0.25, 0.3) is 10.0 Å². The van der Waals surface area contributed by atoms with Gasteiger partial charge in [-0.1, -0.05) is 6.07 Å². The minimum absolute atomic E-state index is 0.422. The fraction of sp³-hybridized carbons (Fsp3) is 0.583. The first-order chi connectivity index (χ1) is 9.14. The highest BCUT2D eigenvalue weighted by Gasteiger charge is 2.28. The summed E-state index contributed by atoms with van der Waals surface area (Å²) in [6.07, 6.45) is 1.42. The van der Waals surface area contributed by atoms with Crippen molar-refractivity contribution in [2.45, 2.75) is 17.1 Å². The number of nitriles is 1. The van der Waals surface area contributed by atoms with E-state index in [4.69, 9.17) is 5.26 Å². The van der Waals surface area contributed by atoms with E-state index in [0.717, 1.165) is 26.1 Å². The molecular weight excluding hydrogens is 282 g/mol. The van der Waals surface area contributed by atoms with E-state index in [9.17, 15) is 8.42 Å². The highest BCUT2D eigenvalue weighted by Crippen LogP contribution is 2.21. The van der Waals surface area contributed by atoms with Crippen LogP contribution in [0.15, 0.2) is 21.7 Å². The van der Waals surface area contributed by atoms with Gasteiger partial charge in [-0.05, 0) is 24.4 Å². The number of hydrogen-bond donors (Lipinski definition) is 0. The summed E-state index contributed by atoms with van der Waals surface area (Å²) in [6, 6.07) is 5.54. The molecule has 1 aliphatic heterocycles. The predicted octanol–water partition coefficient (Wildman–Crippen LogP) is 1.36. The van der Waals surface area contributed by atoms with Crippen LogP contribution >= 0.6 is 11.3 Å². The zero-order chi connectivity index (χ0) is 13.7. The molecule has 1 fully saturated rings. The van der Waals surface area contributed by atoms with Gasteiger partial charge in [0.2, 0.25) is 0 Å². The Morgan fingerprint density at radius 1 is 1.32 bits per heavy atom. The lowest BCUT2D eigenvalue weighted by molar-refractivity contribution is 0.187. The van der Waals surface area contributed by atoms with Gasteiger partial charge >= 0.3 is 0 Å². The Morgan fingerprint density at radius 2 is 2.05 bits per heavy atom. The van der Waals surface area contributed by atoms with Crippen LogP contribution in [0.5, 0.6) is 0 Å². The summed E-state index contributed by atoms with van der Waals surface area (Å²) in [5, 5.41) is 10.3. The van der Waals surface area contributed by atoms with E-state index in [1.165, 1.54) is 11.3 Å². The summed E-state index contributed by atoms with van der Waals surface area (Å²) in [5.41, 5.74) is 0. The van der Waals surface area contributed by atoms with Crippen molar-refractivity contribution >= 4 is 21.4 Å². The van der Waals surface area contributed by atoms with Crippen LogP contribution in [-0.4, -0.2) is 50.3 Å². The first-order valence-corrected chi connectivity index (χ1v) is 8.59. The maximum absolute atomic E-state index is 12.3. The monoisotopic (exact) mass is 299 g/mol. The van der Waals surface area contributed by atoms with Crippen molar-refractivity contribution in [2.75, 3.05) is 32.7 Å². The molecule has 19 heavy (non-hydrogen) atoms. The Hall–Kier alpha value is -0.940. The maximum Gasteiger partial charge on any atom is 0.252 e. The largest absolute Gasteiger partial charge is 0.301 e. The molecule has 7 heteroatoms. The number of hydrogen-bond acceptors (Lipinski definition) is 5. The fourth-order valence-corrected chi connectivity index (χ4v) is 4.68. The normalized spacial score (nSPS) is 18.3. The van der Waals surface area contributed by atoms with Crippen LogP contribution in [0.2, 0.25) is 0 Å². The molecule has 0 saturated carbocycles. The number of piperazine rings is 1. The molecule has 0 N–H and O–H groups in total. The third-order valence-corrected chi connectivity index (χ3v) is 6.46. The van der Waals surface area contributed by atoms with Crippen molar-refractivity contribution < 1.29 is 8.42 Å². The Labute approximate surface area is 118 Å². The molecule has 2 rings (SSSR count). The SMILES string of the molecule is N#CCCCN1CCN(S(=O)(=O)c2cccs2)CC1. The van der Waals surface area contributed by atoms with Crippen LogP contribution in [0, 0.1) is 11.3 Å². The molecule has 0 spiro atoms. The lowest BCUT2D eigenvalue weighted by Gasteiger charge is -2.33. The molecule has 2 heterocycles. The van der Waals surface area contributed by atoms with E-state index in [1.54, 1.807) is 21.8 Å². The van der Waals surface area contributed by atoms with Crippen molar-refractivity contribution in [1.82, 2.24) is 9.21 Å². The second-order valence-corrected chi connectivity index (χ2v) is 7.55. The fourth-order valence-electron chi connectivity index (χ4n) is 2.11. The van der Waals surface area contributed by atoms with Gasteiger partial charge < -0.3 is 4.90 Å². The number of sulfonamides is 1. The molecule has 1 saturated heterocycles. The summed E-state index contributed by atoms with van der Waals surface area (Å²) >= 11 is 1.26. The number of nitrogens with zero attached hydrogens (tertiary/aromatic N) is 3. The van der Waals surface area contributed by atoms with Crippen LogP contribution in [-0.2, 0) is 10.0 Å². The lowest BCUT2D eigenvalue weighted by atomic mass is 10.3. The van der Waals surface area contributed by atoms with Crippen LogP contribution < -0.4 is 0 Å². The van der Waals surface area contributed by atoms with E-state index in [-0.39, 0.29) is 0 Å². The molecule has 0 bridgehead atoms. The van der Waals surface area contributed by atoms with Gasteiger partial charge in [0.15, 0.2) is 0 Å². The quantitative estimate of drug-likeness (QED) is 0.770. The van der Waals surface area contributed by atoms with Crippen molar-refractivity contribution in [2.24, 2.45) is 0 Å². The lowest BCUT2D eigenvalue weighted by Crippen LogP contribution is -2.48. The van der Waals surface area contributed by atoms with E-state index >= 15 is 0 Å². The van der Waals surface area contributed by atoms with Crippen LogP contribution in [0.4, 0.5) is 0 Å². The average molecular weight is 299 g/mol. The molecule has 0 atom stereocenters. The number of rotatable bonds is 5. The summed E-state index contributed by atoms with van der Waals surface area (Å²) in [6.45, 7) is 3.44. The molecule has 0 aliphatic carbocycles. The van der Waals surface area contributed by atoms with Gasteiger partial charge in [-0.15, -0.1) is 11.3 Å². The molecule has 1 aliphatic rings. The van der Waals surface area contributed by atoms with Gasteiger partial charge in [0, 0.05) is 32.6 Å². The van der Waals surface area contributed by atoms with Crippen LogP contribution in [0.25, 0.3) is 0 Å². The van der Waals surface area contributed by atoms with E-state index in [0.29, 0.717) is 23.7 Å². The molecular formula is C12H17N3O2S2. The molecule has 1 aromatic rings. The summed E-state index contributed by atoms with van der Waals surface area (Å²) in [5.74, 6) is 0. The smallest absolute Gasteiger partial charge is 0.252 e. The molecule has 0 unspecified atom stereocenters. The highest BCUT2D eigenvalue weighted by molar-refractivity contribution is 7.91. The third kappa shape index (κ3) is 3.54. The average Bonchev–Trinajstić information content (AvgIpc) is 2.94. The predicted molar refractivity (Wildman–Crippen MR) is 74.4 cm³/mol. The van der Waals surface area contributed by atoms with Gasteiger partial charge in [-0.2, -0.15) is 9.57 Å². The first kappa shape index (κ1) is 14.5. The highest BCUT2D eigenvalue weighted by atomic mass is 32.2. The molecule has 0 radical (unpaired) electrons. The van der Waals surface area contributed by atoms with Crippen molar-refractivity contribution in [3.8, 4) is 6.07 Å². The molecule has 0 aromatic carbocycles. The van der Waals surface area contributed by atoms with E-state index < -0.39 is 10.0 Å². The van der Waals surface area contributed by atoms with Crippen molar-refractivity contribution in [1.29, 1.82) is 5.26 Å². The molecule has 5 nitrogen and oxygen atoms in total. The Balaban J connectivity index is 1.88. The van der Waals surface area contributed by atoms with Gasteiger partial charge in [0.1, 0.15) is 4.21 Å². The van der Waals surface area contributed by atoms with Crippen molar-refractivity contribution in [3.05, 3.63) is 17.5 Å². The van der Waals surface area contributed by atoms with Crippen molar-refractivity contribution in [3.63, 3.8) is 0 Å². The number of thiophene rings is 1. The van der Waals surface area contributed by atoms with E-state index in [1.807, 2.05) is 0 Å². The topological polar surface area (TPSA) is 64.4 Å². The zero-order valence-electron chi connectivity index (χ0n) is 10.7. The van der Waals surface area contributed by atoms with E-state index in [2.05, 4.69) is 11.0 Å².